The Balaban J connectivity index is 0.00000137. The van der Waals surface area contributed by atoms with Gasteiger partial charge in [0.25, 0.3) is 0 Å². The van der Waals surface area contributed by atoms with Crippen LogP contribution in [-0.4, -0.2) is 0 Å². The summed E-state index contributed by atoms with van der Waals surface area (Å²) >= 11 is 0. The van der Waals surface area contributed by atoms with Gasteiger partial charge in [0.2, 0.25) is 0 Å². The lowest BCUT2D eigenvalue weighted by Crippen LogP contribution is -2.16. The zero-order valence-electron chi connectivity index (χ0n) is 11.3. The van der Waals surface area contributed by atoms with Gasteiger partial charge in [-0.1, -0.05) is 25.5 Å². The van der Waals surface area contributed by atoms with Crippen LogP contribution < -0.4 is 0 Å². The van der Waals surface area contributed by atoms with Gasteiger partial charge >= 0.3 is 6.18 Å². The predicted octanol–water partition coefficient (Wildman–Crippen LogP) is 4.84. The van der Waals surface area contributed by atoms with Crippen LogP contribution in [0.2, 0.25) is 0 Å². The van der Waals surface area contributed by atoms with Crippen LogP contribution in [0.15, 0.2) is 18.2 Å². The van der Waals surface area contributed by atoms with Gasteiger partial charge in [0.1, 0.15) is 0 Å². The molecule has 1 aromatic rings. The Morgan fingerprint density at radius 1 is 1.00 bits per heavy atom. The van der Waals surface area contributed by atoms with Crippen LogP contribution in [0.4, 0.5) is 13.2 Å². The van der Waals surface area contributed by atoms with Crippen LogP contribution in [0.5, 0.6) is 0 Å². The maximum absolute atomic E-state index is 12.6. The second kappa shape index (κ2) is 5.90. The molecule has 0 spiro atoms. The summed E-state index contributed by atoms with van der Waals surface area (Å²) < 4.78 is 37.7. The van der Waals surface area contributed by atoms with E-state index >= 15 is 0 Å². The molecule has 0 aliphatic rings. The molecule has 100 valence electrons. The summed E-state index contributed by atoms with van der Waals surface area (Å²) in [4.78, 5) is 0. The summed E-state index contributed by atoms with van der Waals surface area (Å²) in [6, 6.07) is 5.72. The van der Waals surface area contributed by atoms with Gasteiger partial charge in [-0.15, -0.1) is 0 Å². The molecule has 4 heteroatoms. The molecule has 0 radical (unpaired) electrons. The zero-order chi connectivity index (χ0) is 14.6. The van der Waals surface area contributed by atoms with E-state index in [1.807, 2.05) is 19.9 Å². The number of nitrogens with zero attached hydrogens (tertiary/aromatic N) is 1. The van der Waals surface area contributed by atoms with Crippen LogP contribution in [0, 0.1) is 18.3 Å². The summed E-state index contributed by atoms with van der Waals surface area (Å²) in [7, 11) is 0. The van der Waals surface area contributed by atoms with E-state index in [1.165, 1.54) is 0 Å². The first-order chi connectivity index (χ1) is 8.16. The number of aryl methyl sites for hydroxylation is 1. The molecule has 0 atom stereocenters. The minimum absolute atomic E-state index is 0.391. The Bertz CT molecular complexity index is 439. The van der Waals surface area contributed by atoms with Gasteiger partial charge in [0.05, 0.1) is 17.0 Å². The maximum Gasteiger partial charge on any atom is 0.416 e. The van der Waals surface area contributed by atoms with E-state index in [9.17, 15) is 13.2 Å². The zero-order valence-corrected chi connectivity index (χ0v) is 11.3. The number of benzene rings is 1. The number of nitriles is 1. The van der Waals surface area contributed by atoms with E-state index in [0.29, 0.717) is 11.1 Å². The van der Waals surface area contributed by atoms with Crippen molar-refractivity contribution in [1.29, 1.82) is 5.26 Å². The second-order valence-corrected chi connectivity index (χ2v) is 4.32. The lowest BCUT2D eigenvalue weighted by molar-refractivity contribution is -0.137. The van der Waals surface area contributed by atoms with Gasteiger partial charge in [0.15, 0.2) is 0 Å². The summed E-state index contributed by atoms with van der Waals surface area (Å²) in [6.45, 7) is 8.79. The maximum atomic E-state index is 12.6. The molecular weight excluding hydrogens is 239 g/mol. The third-order valence-corrected chi connectivity index (χ3v) is 2.41. The van der Waals surface area contributed by atoms with E-state index in [-0.39, 0.29) is 0 Å². The number of hydrogen-bond donors (Lipinski definition) is 0. The molecule has 1 aromatic carbocycles. The molecule has 0 saturated carbocycles. The van der Waals surface area contributed by atoms with Gasteiger partial charge in [-0.2, -0.15) is 18.4 Å². The number of rotatable bonds is 1. The van der Waals surface area contributed by atoms with E-state index < -0.39 is 17.2 Å². The molecule has 0 fully saturated rings. The topological polar surface area (TPSA) is 23.8 Å². The first-order valence-electron chi connectivity index (χ1n) is 5.77. The third kappa shape index (κ3) is 4.06. The Labute approximate surface area is 106 Å². The standard InChI is InChI=1S/C12H12F3N.C2H6/c1-8-4-9(11(2,3)7-16)6-10(5-8)12(13,14)15;1-2/h4-6H,1-3H3;1-2H3. The molecule has 0 bridgehead atoms. The Morgan fingerprint density at radius 3 is 1.83 bits per heavy atom. The highest BCUT2D eigenvalue weighted by atomic mass is 19.4. The molecule has 0 aliphatic carbocycles. The normalized spacial score (nSPS) is 11.3. The minimum atomic E-state index is -4.37. The molecular formula is C14H18F3N. The predicted molar refractivity (Wildman–Crippen MR) is 66.2 cm³/mol. The van der Waals surface area contributed by atoms with Crippen LogP contribution in [-0.2, 0) is 11.6 Å². The average molecular weight is 257 g/mol. The van der Waals surface area contributed by atoms with Crippen molar-refractivity contribution in [3.63, 3.8) is 0 Å². The summed E-state index contributed by atoms with van der Waals surface area (Å²) in [5, 5.41) is 8.90. The fourth-order valence-electron chi connectivity index (χ4n) is 1.37. The Kier molecular flexibility index (Phi) is 5.41. The second-order valence-electron chi connectivity index (χ2n) is 4.32. The van der Waals surface area contributed by atoms with Gasteiger partial charge in [-0.05, 0) is 38.5 Å². The fourth-order valence-corrected chi connectivity index (χ4v) is 1.37. The van der Waals surface area contributed by atoms with Crippen LogP contribution in [0.3, 0.4) is 0 Å². The van der Waals surface area contributed by atoms with Crippen molar-refractivity contribution < 1.29 is 13.2 Å². The SMILES string of the molecule is CC.Cc1cc(C(F)(F)F)cc(C(C)(C)C#N)c1. The number of alkyl halides is 3. The van der Waals surface area contributed by atoms with E-state index in [1.54, 1.807) is 26.8 Å². The lowest BCUT2D eigenvalue weighted by Gasteiger charge is -2.18. The molecule has 0 unspecified atom stereocenters. The van der Waals surface area contributed by atoms with Crippen molar-refractivity contribution in [2.24, 2.45) is 0 Å². The molecule has 0 aromatic heterocycles. The van der Waals surface area contributed by atoms with Gasteiger partial charge < -0.3 is 0 Å². The first-order valence-corrected chi connectivity index (χ1v) is 5.77. The Hall–Kier alpha value is -1.50. The van der Waals surface area contributed by atoms with E-state index in [0.717, 1.165) is 12.1 Å². The van der Waals surface area contributed by atoms with E-state index in [4.69, 9.17) is 5.26 Å². The van der Waals surface area contributed by atoms with Crippen molar-refractivity contribution in [2.45, 2.75) is 46.2 Å². The van der Waals surface area contributed by atoms with Gasteiger partial charge in [-0.25, -0.2) is 0 Å². The smallest absolute Gasteiger partial charge is 0.197 e. The summed E-state index contributed by atoms with van der Waals surface area (Å²) in [5.74, 6) is 0. The average Bonchev–Trinajstić information content (AvgIpc) is 2.30. The summed E-state index contributed by atoms with van der Waals surface area (Å²) in [6.07, 6.45) is -4.37. The monoisotopic (exact) mass is 257 g/mol. The van der Waals surface area contributed by atoms with Crippen molar-refractivity contribution in [3.8, 4) is 6.07 Å². The third-order valence-electron chi connectivity index (χ3n) is 2.41. The van der Waals surface area contributed by atoms with Crippen molar-refractivity contribution in [1.82, 2.24) is 0 Å². The fraction of sp³-hybridized carbons (Fsp3) is 0.500. The molecule has 18 heavy (non-hydrogen) atoms. The molecule has 0 amide bonds. The highest BCUT2D eigenvalue weighted by Gasteiger charge is 2.32. The molecule has 0 saturated heterocycles. The molecule has 0 N–H and O–H groups in total. The largest absolute Gasteiger partial charge is 0.416 e. The highest BCUT2D eigenvalue weighted by Crippen LogP contribution is 2.33. The number of halogens is 3. The highest BCUT2D eigenvalue weighted by molar-refractivity contribution is 5.38. The first kappa shape index (κ1) is 16.5. The van der Waals surface area contributed by atoms with Gasteiger partial charge in [-0.3, -0.25) is 0 Å². The number of hydrogen-bond acceptors (Lipinski definition) is 1. The molecule has 1 rings (SSSR count). The molecule has 0 aliphatic heterocycles. The van der Waals surface area contributed by atoms with Crippen LogP contribution in [0.1, 0.15) is 44.4 Å². The summed E-state index contributed by atoms with van der Waals surface area (Å²) in [5.41, 5.74) is -0.715. The minimum Gasteiger partial charge on any atom is -0.197 e. The van der Waals surface area contributed by atoms with E-state index in [2.05, 4.69) is 0 Å². The molecule has 0 heterocycles. The van der Waals surface area contributed by atoms with Crippen LogP contribution >= 0.6 is 0 Å². The van der Waals surface area contributed by atoms with Crippen molar-refractivity contribution in [2.75, 3.05) is 0 Å². The Morgan fingerprint density at radius 2 is 1.44 bits per heavy atom. The molecule has 1 nitrogen and oxygen atoms in total. The van der Waals surface area contributed by atoms with Crippen molar-refractivity contribution >= 4 is 0 Å². The lowest BCUT2D eigenvalue weighted by atomic mass is 9.84. The van der Waals surface area contributed by atoms with Gasteiger partial charge in [0, 0.05) is 0 Å². The van der Waals surface area contributed by atoms with Crippen LogP contribution in [0.25, 0.3) is 0 Å². The quantitative estimate of drug-likeness (QED) is 0.706. The van der Waals surface area contributed by atoms with Crippen molar-refractivity contribution in [3.05, 3.63) is 34.9 Å².